The number of oxime groups is 1. The number of halogens is 1. The summed E-state index contributed by atoms with van der Waals surface area (Å²) in [5, 5.41) is 12.1. The Bertz CT molecular complexity index is 619. The Morgan fingerprint density at radius 2 is 1.95 bits per heavy atom. The molecule has 0 amide bonds. The molecule has 0 unspecified atom stereocenters. The second-order valence-electron chi connectivity index (χ2n) is 5.15. The molecular weight excluding hydrogens is 378 g/mol. The van der Waals surface area contributed by atoms with Crippen LogP contribution in [0.2, 0.25) is 0 Å². The first kappa shape index (κ1) is 16.7. The van der Waals surface area contributed by atoms with Crippen molar-refractivity contribution in [3.05, 3.63) is 15.9 Å². The molecule has 21 heavy (non-hydrogen) atoms. The van der Waals surface area contributed by atoms with Crippen molar-refractivity contribution >= 4 is 43.1 Å². The van der Waals surface area contributed by atoms with Gasteiger partial charge in [0.2, 0.25) is 0 Å². The Labute approximate surface area is 136 Å². The molecule has 0 bridgehead atoms. The molecule has 1 heterocycles. The number of thiophene rings is 1. The Kier molecular flexibility index (Phi) is 5.29. The van der Waals surface area contributed by atoms with Crippen molar-refractivity contribution in [3.63, 3.8) is 0 Å². The van der Waals surface area contributed by atoms with E-state index >= 15 is 0 Å². The zero-order valence-corrected chi connectivity index (χ0v) is 14.6. The third-order valence-electron chi connectivity index (χ3n) is 3.70. The summed E-state index contributed by atoms with van der Waals surface area (Å²) >= 11 is 4.39. The van der Waals surface area contributed by atoms with E-state index in [1.165, 1.54) is 6.07 Å². The summed E-state index contributed by atoms with van der Waals surface area (Å²) in [4.78, 5) is 0. The van der Waals surface area contributed by atoms with Crippen LogP contribution < -0.4 is 10.5 Å². The van der Waals surface area contributed by atoms with Crippen molar-refractivity contribution < 1.29 is 13.6 Å². The van der Waals surface area contributed by atoms with Crippen molar-refractivity contribution in [2.45, 2.75) is 48.3 Å². The van der Waals surface area contributed by atoms with Gasteiger partial charge < -0.3 is 10.9 Å². The van der Waals surface area contributed by atoms with Crippen molar-refractivity contribution in [2.75, 3.05) is 0 Å². The van der Waals surface area contributed by atoms with Crippen LogP contribution in [0.5, 0.6) is 0 Å². The van der Waals surface area contributed by atoms with Crippen LogP contribution in [0.15, 0.2) is 25.3 Å². The Morgan fingerprint density at radius 3 is 2.43 bits per heavy atom. The van der Waals surface area contributed by atoms with Crippen molar-refractivity contribution in [1.82, 2.24) is 4.72 Å². The minimum absolute atomic E-state index is 0.0661. The van der Waals surface area contributed by atoms with E-state index in [0.29, 0.717) is 12.8 Å². The number of hydrogen-bond donors (Lipinski definition) is 3. The van der Waals surface area contributed by atoms with Gasteiger partial charge in [0.15, 0.2) is 5.84 Å². The molecule has 118 valence electrons. The zero-order valence-electron chi connectivity index (χ0n) is 11.4. The van der Waals surface area contributed by atoms with Crippen LogP contribution >= 0.6 is 27.3 Å². The van der Waals surface area contributed by atoms with Gasteiger partial charge >= 0.3 is 0 Å². The zero-order chi connectivity index (χ0) is 15.5. The van der Waals surface area contributed by atoms with Gasteiger partial charge in [-0.05, 0) is 40.9 Å². The highest BCUT2D eigenvalue weighted by molar-refractivity contribution is 9.11. The van der Waals surface area contributed by atoms with E-state index in [1.807, 2.05) is 0 Å². The fraction of sp³-hybridized carbons (Fsp3) is 0.583. The molecule has 1 saturated carbocycles. The van der Waals surface area contributed by atoms with Crippen LogP contribution in [0.4, 0.5) is 0 Å². The van der Waals surface area contributed by atoms with Crippen LogP contribution in [-0.4, -0.2) is 25.0 Å². The van der Waals surface area contributed by atoms with Crippen molar-refractivity contribution in [3.8, 4) is 0 Å². The summed E-state index contributed by atoms with van der Waals surface area (Å²) in [7, 11) is -3.70. The second-order valence-corrected chi connectivity index (χ2v) is 9.52. The van der Waals surface area contributed by atoms with Gasteiger partial charge in [0.05, 0.1) is 9.33 Å². The fourth-order valence-electron chi connectivity index (χ4n) is 2.59. The second kappa shape index (κ2) is 6.64. The fourth-order valence-corrected chi connectivity index (χ4v) is 6.03. The molecule has 1 aliphatic carbocycles. The van der Waals surface area contributed by atoms with E-state index < -0.39 is 15.6 Å². The maximum Gasteiger partial charge on any atom is 0.251 e. The normalized spacial score (nSPS) is 20.1. The highest BCUT2D eigenvalue weighted by Gasteiger charge is 2.40. The molecule has 0 aliphatic heterocycles. The summed E-state index contributed by atoms with van der Waals surface area (Å²) in [5.41, 5.74) is 4.81. The molecule has 6 nitrogen and oxygen atoms in total. The topological polar surface area (TPSA) is 105 Å². The lowest BCUT2D eigenvalue weighted by Gasteiger charge is -2.31. The van der Waals surface area contributed by atoms with Gasteiger partial charge in [-0.3, -0.25) is 0 Å². The first-order valence-corrected chi connectivity index (χ1v) is 9.76. The van der Waals surface area contributed by atoms with Crippen LogP contribution in [0, 0.1) is 0 Å². The summed E-state index contributed by atoms with van der Waals surface area (Å²) in [5.74, 6) is -0.0661. The summed E-state index contributed by atoms with van der Waals surface area (Å²) in [6, 6.07) is 3.22. The Hall–Kier alpha value is -0.640. The smallest absolute Gasteiger partial charge is 0.251 e. The predicted octanol–water partition coefficient (Wildman–Crippen LogP) is 2.63. The highest BCUT2D eigenvalue weighted by atomic mass is 79.9. The largest absolute Gasteiger partial charge is 0.409 e. The molecule has 0 spiro atoms. The number of nitrogens with two attached hydrogens (primary N) is 1. The van der Waals surface area contributed by atoms with Gasteiger partial charge in [0.1, 0.15) is 4.21 Å². The quantitative estimate of drug-likeness (QED) is 0.239. The third-order valence-corrected chi connectivity index (χ3v) is 7.35. The number of amidine groups is 1. The van der Waals surface area contributed by atoms with E-state index in [9.17, 15) is 8.42 Å². The van der Waals surface area contributed by atoms with Gasteiger partial charge in [-0.1, -0.05) is 30.8 Å². The summed E-state index contributed by atoms with van der Waals surface area (Å²) < 4.78 is 28.7. The minimum atomic E-state index is -3.70. The molecule has 2 rings (SSSR count). The van der Waals surface area contributed by atoms with E-state index in [0.717, 1.165) is 40.8 Å². The Balaban J connectivity index is 2.34. The summed E-state index contributed by atoms with van der Waals surface area (Å²) in [6.07, 6.45) is 4.79. The van der Waals surface area contributed by atoms with Gasteiger partial charge in [-0.2, -0.15) is 4.72 Å². The predicted molar refractivity (Wildman–Crippen MR) is 86.2 cm³/mol. The van der Waals surface area contributed by atoms with Crippen LogP contribution in [-0.2, 0) is 10.0 Å². The molecule has 1 aliphatic rings. The van der Waals surface area contributed by atoms with Crippen molar-refractivity contribution in [1.29, 1.82) is 0 Å². The minimum Gasteiger partial charge on any atom is -0.409 e. The SMILES string of the molecule is N/C(=N/O)C1(NS(=O)(=O)c2ccc(Br)s2)CCCCCC1. The van der Waals surface area contributed by atoms with Crippen LogP contribution in [0.3, 0.4) is 0 Å². The molecule has 0 aromatic carbocycles. The van der Waals surface area contributed by atoms with Crippen LogP contribution in [0.1, 0.15) is 38.5 Å². The molecule has 1 aromatic heterocycles. The molecule has 0 saturated heterocycles. The number of sulfonamides is 1. The number of rotatable bonds is 4. The first-order valence-electron chi connectivity index (χ1n) is 6.67. The molecule has 4 N–H and O–H groups in total. The molecule has 9 heteroatoms. The monoisotopic (exact) mass is 395 g/mol. The van der Waals surface area contributed by atoms with E-state index in [4.69, 9.17) is 10.9 Å². The summed E-state index contributed by atoms with van der Waals surface area (Å²) in [6.45, 7) is 0. The molecule has 1 aromatic rings. The van der Waals surface area contributed by atoms with Gasteiger partial charge in [0.25, 0.3) is 10.0 Å². The van der Waals surface area contributed by atoms with E-state index in [-0.39, 0.29) is 10.0 Å². The maximum absolute atomic E-state index is 12.5. The van der Waals surface area contributed by atoms with Gasteiger partial charge in [-0.15, -0.1) is 11.3 Å². The number of hydrogen-bond acceptors (Lipinski definition) is 5. The Morgan fingerprint density at radius 1 is 1.33 bits per heavy atom. The maximum atomic E-state index is 12.5. The molecule has 0 radical (unpaired) electrons. The molecule has 1 fully saturated rings. The van der Waals surface area contributed by atoms with Crippen LogP contribution in [0.25, 0.3) is 0 Å². The third kappa shape index (κ3) is 3.77. The van der Waals surface area contributed by atoms with E-state index in [2.05, 4.69) is 25.8 Å². The van der Waals surface area contributed by atoms with Gasteiger partial charge in [-0.25, -0.2) is 8.42 Å². The van der Waals surface area contributed by atoms with E-state index in [1.54, 1.807) is 6.07 Å². The standard InChI is InChI=1S/C12H18BrN3O3S2/c13-9-5-6-10(20-9)21(18,19)16-12(11(14)15-17)7-3-1-2-4-8-12/h5-6,16-17H,1-4,7-8H2,(H2,14,15). The molecule has 0 atom stereocenters. The average molecular weight is 396 g/mol. The molecular formula is C12H18BrN3O3S2. The number of nitrogens with one attached hydrogen (secondary N) is 1. The lowest BCUT2D eigenvalue weighted by molar-refractivity contribution is 0.306. The first-order chi connectivity index (χ1) is 9.89. The lowest BCUT2D eigenvalue weighted by atomic mass is 9.90. The van der Waals surface area contributed by atoms with Crippen molar-refractivity contribution in [2.24, 2.45) is 10.9 Å². The number of nitrogens with zero attached hydrogens (tertiary/aromatic N) is 1. The average Bonchev–Trinajstić information content (AvgIpc) is 2.75. The lowest BCUT2D eigenvalue weighted by Crippen LogP contribution is -2.57. The van der Waals surface area contributed by atoms with Gasteiger partial charge in [0, 0.05) is 0 Å². The highest BCUT2D eigenvalue weighted by Crippen LogP contribution is 2.31.